The fourth-order valence-corrected chi connectivity index (χ4v) is 2.78. The normalized spacial score (nSPS) is 21.4. The maximum Gasteiger partial charge on any atom is 0.416 e. The van der Waals surface area contributed by atoms with Gasteiger partial charge in [0, 0.05) is 6.54 Å². The van der Waals surface area contributed by atoms with Crippen molar-refractivity contribution in [2.45, 2.75) is 24.6 Å². The van der Waals surface area contributed by atoms with Crippen LogP contribution in [-0.2, 0) is 6.18 Å². The van der Waals surface area contributed by atoms with Crippen LogP contribution in [0, 0.1) is 0 Å². The van der Waals surface area contributed by atoms with Crippen molar-refractivity contribution < 1.29 is 13.2 Å². The minimum absolute atomic E-state index is 0.123. The summed E-state index contributed by atoms with van der Waals surface area (Å²) in [5, 5.41) is 9.83. The molecule has 3 N–H and O–H groups in total. The number of rotatable bonds is 0. The summed E-state index contributed by atoms with van der Waals surface area (Å²) in [5.74, 6) is 0. The van der Waals surface area contributed by atoms with E-state index in [-0.39, 0.29) is 5.54 Å². The fourth-order valence-electron chi connectivity index (χ4n) is 2.78. The molecule has 19 heavy (non-hydrogen) atoms. The number of anilines is 2. The van der Waals surface area contributed by atoms with E-state index in [0.717, 1.165) is 44.2 Å². The topological polar surface area (TPSA) is 36.1 Å². The standard InChI is InChI=1S/C13H16F3N3/c14-13(15,16)9-1-2-10-11(7-9)19-12(8-18-10)3-5-17-6-4-12/h1-2,7,17-19H,3-6,8H2. The molecular formula is C13H16F3N3. The van der Waals surface area contributed by atoms with Crippen molar-refractivity contribution in [1.82, 2.24) is 5.32 Å². The summed E-state index contributed by atoms with van der Waals surface area (Å²) in [4.78, 5) is 0. The predicted molar refractivity (Wildman–Crippen MR) is 68.4 cm³/mol. The van der Waals surface area contributed by atoms with E-state index < -0.39 is 11.7 Å². The Morgan fingerprint density at radius 1 is 1.05 bits per heavy atom. The van der Waals surface area contributed by atoms with E-state index in [4.69, 9.17) is 0 Å². The molecule has 0 aromatic heterocycles. The zero-order valence-electron chi connectivity index (χ0n) is 10.4. The first-order valence-electron chi connectivity index (χ1n) is 6.43. The average molecular weight is 271 g/mol. The second-order valence-corrected chi connectivity index (χ2v) is 5.27. The molecular weight excluding hydrogens is 255 g/mol. The first-order chi connectivity index (χ1) is 8.99. The van der Waals surface area contributed by atoms with Gasteiger partial charge in [-0.2, -0.15) is 13.2 Å². The van der Waals surface area contributed by atoms with E-state index in [2.05, 4.69) is 16.0 Å². The van der Waals surface area contributed by atoms with Crippen LogP contribution in [-0.4, -0.2) is 25.2 Å². The van der Waals surface area contributed by atoms with E-state index in [0.29, 0.717) is 5.69 Å². The maximum atomic E-state index is 12.7. The van der Waals surface area contributed by atoms with Gasteiger partial charge < -0.3 is 16.0 Å². The van der Waals surface area contributed by atoms with E-state index in [1.165, 1.54) is 12.1 Å². The van der Waals surface area contributed by atoms with E-state index in [1.807, 2.05) is 0 Å². The zero-order valence-corrected chi connectivity index (χ0v) is 10.4. The van der Waals surface area contributed by atoms with E-state index >= 15 is 0 Å². The summed E-state index contributed by atoms with van der Waals surface area (Å²) in [6, 6.07) is 3.82. The Morgan fingerprint density at radius 2 is 1.79 bits per heavy atom. The number of fused-ring (bicyclic) bond motifs is 1. The molecule has 1 spiro atoms. The lowest BCUT2D eigenvalue weighted by atomic mass is 9.86. The fraction of sp³-hybridized carbons (Fsp3) is 0.538. The molecule has 1 aromatic rings. The summed E-state index contributed by atoms with van der Waals surface area (Å²) in [5.41, 5.74) is 0.578. The van der Waals surface area contributed by atoms with Crippen molar-refractivity contribution in [3.8, 4) is 0 Å². The largest absolute Gasteiger partial charge is 0.416 e. The van der Waals surface area contributed by atoms with Crippen LogP contribution in [0.4, 0.5) is 24.5 Å². The van der Waals surface area contributed by atoms with Crippen molar-refractivity contribution in [3.63, 3.8) is 0 Å². The molecule has 3 nitrogen and oxygen atoms in total. The molecule has 0 atom stereocenters. The minimum atomic E-state index is -4.30. The summed E-state index contributed by atoms with van der Waals surface area (Å²) in [7, 11) is 0. The first kappa shape index (κ1) is 12.6. The monoisotopic (exact) mass is 271 g/mol. The second-order valence-electron chi connectivity index (χ2n) is 5.27. The van der Waals surface area contributed by atoms with Gasteiger partial charge in [-0.1, -0.05) is 0 Å². The molecule has 1 saturated heterocycles. The highest BCUT2D eigenvalue weighted by Crippen LogP contribution is 2.38. The first-order valence-corrected chi connectivity index (χ1v) is 6.43. The highest BCUT2D eigenvalue weighted by molar-refractivity contribution is 5.73. The molecule has 2 heterocycles. The van der Waals surface area contributed by atoms with Crippen molar-refractivity contribution >= 4 is 11.4 Å². The third kappa shape index (κ3) is 2.36. The summed E-state index contributed by atoms with van der Waals surface area (Å²) >= 11 is 0. The molecule has 0 radical (unpaired) electrons. The third-order valence-corrected chi connectivity index (χ3v) is 3.92. The van der Waals surface area contributed by atoms with Crippen LogP contribution >= 0.6 is 0 Å². The Morgan fingerprint density at radius 3 is 2.47 bits per heavy atom. The molecule has 0 unspecified atom stereocenters. The van der Waals surface area contributed by atoms with Gasteiger partial charge in [-0.05, 0) is 44.1 Å². The highest BCUT2D eigenvalue weighted by atomic mass is 19.4. The molecule has 6 heteroatoms. The van der Waals surface area contributed by atoms with Gasteiger partial charge in [0.15, 0.2) is 0 Å². The number of benzene rings is 1. The molecule has 0 bridgehead atoms. The van der Waals surface area contributed by atoms with Gasteiger partial charge in [-0.15, -0.1) is 0 Å². The van der Waals surface area contributed by atoms with Gasteiger partial charge in [0.05, 0.1) is 22.5 Å². The maximum absolute atomic E-state index is 12.7. The number of halogens is 3. The number of hydrogen-bond acceptors (Lipinski definition) is 3. The van der Waals surface area contributed by atoms with Gasteiger partial charge in [0.1, 0.15) is 0 Å². The Kier molecular flexibility index (Phi) is 2.85. The van der Waals surface area contributed by atoms with Crippen LogP contribution in [0.25, 0.3) is 0 Å². The van der Waals surface area contributed by atoms with E-state index in [1.54, 1.807) is 0 Å². The van der Waals surface area contributed by atoms with Crippen molar-refractivity contribution in [1.29, 1.82) is 0 Å². The number of hydrogen-bond donors (Lipinski definition) is 3. The molecule has 104 valence electrons. The summed E-state index contributed by atoms with van der Waals surface area (Å²) in [6.07, 6.45) is -2.47. The molecule has 2 aliphatic rings. The van der Waals surface area contributed by atoms with Crippen molar-refractivity contribution in [2.24, 2.45) is 0 Å². The molecule has 0 amide bonds. The SMILES string of the molecule is FC(F)(F)c1ccc2c(c1)NC1(CCNCC1)CN2. The van der Waals surface area contributed by atoms with Crippen molar-refractivity contribution in [2.75, 3.05) is 30.3 Å². The zero-order chi connectivity index (χ0) is 13.5. The quantitative estimate of drug-likeness (QED) is 0.679. The molecule has 3 rings (SSSR count). The van der Waals surface area contributed by atoms with Gasteiger partial charge >= 0.3 is 6.18 Å². The van der Waals surface area contributed by atoms with Crippen LogP contribution in [0.3, 0.4) is 0 Å². The minimum Gasteiger partial charge on any atom is -0.381 e. The van der Waals surface area contributed by atoms with Crippen LogP contribution < -0.4 is 16.0 Å². The number of alkyl halides is 3. The predicted octanol–water partition coefficient (Wildman–Crippen LogP) is 2.67. The van der Waals surface area contributed by atoms with Gasteiger partial charge in [-0.3, -0.25) is 0 Å². The lowest BCUT2D eigenvalue weighted by Crippen LogP contribution is -2.54. The summed E-state index contributed by atoms with van der Waals surface area (Å²) < 4.78 is 38.2. The Hall–Kier alpha value is -1.43. The third-order valence-electron chi connectivity index (χ3n) is 3.92. The lowest BCUT2D eigenvalue weighted by molar-refractivity contribution is -0.137. The van der Waals surface area contributed by atoms with Crippen LogP contribution in [0.15, 0.2) is 18.2 Å². The number of piperidine rings is 1. The molecule has 1 fully saturated rings. The highest BCUT2D eigenvalue weighted by Gasteiger charge is 2.37. The lowest BCUT2D eigenvalue weighted by Gasteiger charge is -2.43. The Balaban J connectivity index is 1.90. The van der Waals surface area contributed by atoms with Gasteiger partial charge in [0.2, 0.25) is 0 Å². The van der Waals surface area contributed by atoms with Crippen molar-refractivity contribution in [3.05, 3.63) is 23.8 Å². The molecule has 0 saturated carbocycles. The van der Waals surface area contributed by atoms with Gasteiger partial charge in [0.25, 0.3) is 0 Å². The van der Waals surface area contributed by atoms with E-state index in [9.17, 15) is 13.2 Å². The van der Waals surface area contributed by atoms with Gasteiger partial charge in [-0.25, -0.2) is 0 Å². The van der Waals surface area contributed by atoms with Crippen LogP contribution in [0.5, 0.6) is 0 Å². The van der Waals surface area contributed by atoms with Crippen LogP contribution in [0.1, 0.15) is 18.4 Å². The second kappa shape index (κ2) is 4.30. The van der Waals surface area contributed by atoms with Crippen LogP contribution in [0.2, 0.25) is 0 Å². The smallest absolute Gasteiger partial charge is 0.381 e. The Bertz CT molecular complexity index is 479. The molecule has 2 aliphatic heterocycles. The summed E-state index contributed by atoms with van der Waals surface area (Å²) in [6.45, 7) is 2.54. The molecule has 1 aromatic carbocycles. The number of nitrogens with one attached hydrogen (secondary N) is 3. The Labute approximate surface area is 109 Å². The average Bonchev–Trinajstić information content (AvgIpc) is 2.38. The molecule has 0 aliphatic carbocycles.